The molecule has 0 saturated carbocycles. The van der Waals surface area contributed by atoms with Gasteiger partial charge in [0, 0.05) is 0 Å². The lowest BCUT2D eigenvalue weighted by Crippen LogP contribution is -1.73. The second-order valence-electron chi connectivity index (χ2n) is 2.38. The molecule has 0 unspecified atom stereocenters. The van der Waals surface area contributed by atoms with Crippen LogP contribution in [-0.2, 0) is 0 Å². The molecule has 0 aliphatic heterocycles. The number of thiazole rings is 2. The second-order valence-corrected chi connectivity index (χ2v) is 6.33. The number of rotatable bonds is 3. The van der Waals surface area contributed by atoms with Gasteiger partial charge in [0.15, 0.2) is 20.1 Å². The maximum absolute atomic E-state index is 10.5. The summed E-state index contributed by atoms with van der Waals surface area (Å²) in [5.74, 6) is 0. The van der Waals surface area contributed by atoms with Gasteiger partial charge in [-0.05, 0) is 11.8 Å². The summed E-state index contributed by atoms with van der Waals surface area (Å²) in [6.45, 7) is 0. The molecule has 4 nitrogen and oxygen atoms in total. The third-order valence-corrected chi connectivity index (χ3v) is 4.72. The highest BCUT2D eigenvalue weighted by Crippen LogP contribution is 2.36. The van der Waals surface area contributed by atoms with Crippen LogP contribution in [0.1, 0.15) is 9.67 Å². The number of nitrogens with zero attached hydrogens (tertiary/aromatic N) is 2. The summed E-state index contributed by atoms with van der Waals surface area (Å²) in [6, 6.07) is 0. The van der Waals surface area contributed by atoms with Crippen LogP contribution in [0.25, 0.3) is 0 Å². The first-order chi connectivity index (χ1) is 7.19. The minimum absolute atomic E-state index is 0.238. The minimum atomic E-state index is 0.238. The van der Waals surface area contributed by atoms with Crippen molar-refractivity contribution in [1.29, 1.82) is 0 Å². The van der Waals surface area contributed by atoms with Crippen molar-refractivity contribution in [3.63, 3.8) is 0 Å². The van der Waals surface area contributed by atoms with Crippen LogP contribution >= 0.6 is 46.0 Å². The summed E-state index contributed by atoms with van der Waals surface area (Å²) >= 11 is 9.69. The highest BCUT2D eigenvalue weighted by molar-refractivity contribution is 8.02. The smallest absolute Gasteiger partial charge is 0.163 e. The zero-order chi connectivity index (χ0) is 10.8. The quantitative estimate of drug-likeness (QED) is 0.874. The lowest BCUT2D eigenvalue weighted by molar-refractivity contribution is 0.112. The summed E-state index contributed by atoms with van der Waals surface area (Å²) < 4.78 is 1.48. The number of nitrogens with two attached hydrogens (primary N) is 1. The van der Waals surface area contributed by atoms with Crippen molar-refractivity contribution in [2.24, 2.45) is 0 Å². The van der Waals surface area contributed by atoms with Crippen LogP contribution in [0, 0.1) is 0 Å². The van der Waals surface area contributed by atoms with Crippen LogP contribution in [0.2, 0.25) is 5.15 Å². The largest absolute Gasteiger partial charge is 0.389 e. The van der Waals surface area contributed by atoms with Crippen molar-refractivity contribution >= 4 is 57.3 Å². The molecule has 2 aromatic heterocycles. The van der Waals surface area contributed by atoms with E-state index in [1.807, 2.05) is 0 Å². The van der Waals surface area contributed by atoms with E-state index in [-0.39, 0.29) is 5.15 Å². The first-order valence-electron chi connectivity index (χ1n) is 3.69. The molecule has 8 heteroatoms. The maximum Gasteiger partial charge on any atom is 0.163 e. The molecule has 0 aliphatic carbocycles. The van der Waals surface area contributed by atoms with Gasteiger partial charge in [-0.15, -0.1) is 11.3 Å². The van der Waals surface area contributed by atoms with E-state index in [4.69, 9.17) is 17.3 Å². The van der Waals surface area contributed by atoms with Crippen LogP contribution in [0.5, 0.6) is 0 Å². The molecule has 0 saturated heterocycles. The summed E-state index contributed by atoms with van der Waals surface area (Å²) in [6.07, 6.45) is 2.28. The van der Waals surface area contributed by atoms with E-state index in [2.05, 4.69) is 9.97 Å². The van der Waals surface area contributed by atoms with Gasteiger partial charge in [0.05, 0.1) is 6.20 Å². The SMILES string of the molecule is Nc1cnc(Sc2nc(Cl)c(C=O)s2)s1. The highest BCUT2D eigenvalue weighted by atomic mass is 35.5. The van der Waals surface area contributed by atoms with E-state index in [9.17, 15) is 4.79 Å². The van der Waals surface area contributed by atoms with E-state index in [0.29, 0.717) is 20.5 Å². The van der Waals surface area contributed by atoms with Gasteiger partial charge < -0.3 is 5.73 Å². The monoisotopic (exact) mass is 277 g/mol. The molecule has 78 valence electrons. The van der Waals surface area contributed by atoms with Crippen LogP contribution in [0.15, 0.2) is 14.9 Å². The normalized spacial score (nSPS) is 10.5. The fourth-order valence-electron chi connectivity index (χ4n) is 0.802. The van der Waals surface area contributed by atoms with Crippen molar-refractivity contribution < 1.29 is 4.79 Å². The van der Waals surface area contributed by atoms with Gasteiger partial charge >= 0.3 is 0 Å². The predicted molar refractivity (Wildman–Crippen MR) is 63.2 cm³/mol. The van der Waals surface area contributed by atoms with Crippen LogP contribution < -0.4 is 5.73 Å². The zero-order valence-electron chi connectivity index (χ0n) is 7.14. The lowest BCUT2D eigenvalue weighted by atomic mass is 10.6. The molecule has 0 aliphatic rings. The Morgan fingerprint density at radius 2 is 2.27 bits per heavy atom. The molecule has 0 fully saturated rings. The molecule has 15 heavy (non-hydrogen) atoms. The number of aromatic nitrogens is 2. The van der Waals surface area contributed by atoms with Gasteiger partial charge in [0.25, 0.3) is 0 Å². The summed E-state index contributed by atoms with van der Waals surface area (Å²) in [4.78, 5) is 19.1. The Kier molecular flexibility index (Phi) is 3.25. The average molecular weight is 278 g/mol. The summed E-state index contributed by atoms with van der Waals surface area (Å²) in [7, 11) is 0. The molecule has 0 spiro atoms. The van der Waals surface area contributed by atoms with Gasteiger partial charge in [0.2, 0.25) is 0 Å². The van der Waals surface area contributed by atoms with Crippen LogP contribution in [0.3, 0.4) is 0 Å². The Balaban J connectivity index is 2.20. The lowest BCUT2D eigenvalue weighted by Gasteiger charge is -1.87. The summed E-state index contributed by atoms with van der Waals surface area (Å²) in [5.41, 5.74) is 5.54. The molecule has 0 bridgehead atoms. The Morgan fingerprint density at radius 1 is 1.47 bits per heavy atom. The Morgan fingerprint density at radius 3 is 2.80 bits per heavy atom. The average Bonchev–Trinajstić information content (AvgIpc) is 2.73. The number of carbonyl (C=O) groups excluding carboxylic acids is 1. The van der Waals surface area contributed by atoms with E-state index in [1.165, 1.54) is 34.4 Å². The standard InChI is InChI=1S/C7H4ClN3OS3/c8-5-3(2-12)13-7(11-5)15-6-10-1-4(9)14-6/h1-2H,9H2. The highest BCUT2D eigenvalue weighted by Gasteiger charge is 2.11. The third kappa shape index (κ3) is 2.49. The van der Waals surface area contributed by atoms with E-state index in [1.54, 1.807) is 6.20 Å². The minimum Gasteiger partial charge on any atom is -0.389 e. The van der Waals surface area contributed by atoms with Crippen LogP contribution in [-0.4, -0.2) is 16.3 Å². The first-order valence-corrected chi connectivity index (χ1v) is 6.52. The number of hydrogen-bond donors (Lipinski definition) is 1. The molecular weight excluding hydrogens is 274 g/mol. The van der Waals surface area contributed by atoms with Gasteiger partial charge in [0.1, 0.15) is 9.88 Å². The van der Waals surface area contributed by atoms with Crippen molar-refractivity contribution in [1.82, 2.24) is 9.97 Å². The maximum atomic E-state index is 10.5. The molecule has 2 rings (SSSR count). The third-order valence-electron chi connectivity index (χ3n) is 1.37. The second kappa shape index (κ2) is 4.48. The molecule has 2 heterocycles. The van der Waals surface area contributed by atoms with Gasteiger partial charge in [-0.2, -0.15) is 0 Å². The number of aldehydes is 1. The van der Waals surface area contributed by atoms with Crippen LogP contribution in [0.4, 0.5) is 5.00 Å². The number of carbonyl (C=O) groups is 1. The fourth-order valence-corrected chi connectivity index (χ4v) is 3.98. The summed E-state index contributed by atoms with van der Waals surface area (Å²) in [5, 5.41) is 0.887. The Bertz CT molecular complexity index is 495. The number of halogens is 1. The molecule has 0 radical (unpaired) electrons. The molecular formula is C7H4ClN3OS3. The van der Waals surface area contributed by atoms with Crippen molar-refractivity contribution in [2.75, 3.05) is 5.73 Å². The van der Waals surface area contributed by atoms with E-state index >= 15 is 0 Å². The van der Waals surface area contributed by atoms with Gasteiger partial charge in [-0.1, -0.05) is 22.9 Å². The molecule has 2 N–H and O–H groups in total. The van der Waals surface area contributed by atoms with E-state index < -0.39 is 0 Å². The van der Waals surface area contributed by atoms with Crippen molar-refractivity contribution in [2.45, 2.75) is 8.68 Å². The van der Waals surface area contributed by atoms with E-state index in [0.717, 1.165) is 4.34 Å². The molecule has 0 aromatic carbocycles. The zero-order valence-corrected chi connectivity index (χ0v) is 10.3. The number of anilines is 1. The topological polar surface area (TPSA) is 68.9 Å². The Labute approximate surface area is 103 Å². The van der Waals surface area contributed by atoms with Gasteiger partial charge in [-0.25, -0.2) is 9.97 Å². The Hall–Kier alpha value is -0.630. The number of nitrogen functional groups attached to an aromatic ring is 1. The first kappa shape index (κ1) is 10.9. The fraction of sp³-hybridized carbons (Fsp3) is 0. The van der Waals surface area contributed by atoms with Crippen molar-refractivity contribution in [3.05, 3.63) is 16.2 Å². The predicted octanol–water partition coefficient (Wildman–Crippen LogP) is 2.80. The molecule has 0 amide bonds. The number of hydrogen-bond acceptors (Lipinski definition) is 7. The van der Waals surface area contributed by atoms with Crippen molar-refractivity contribution in [3.8, 4) is 0 Å². The molecule has 2 aromatic rings. The van der Waals surface area contributed by atoms with Gasteiger partial charge in [-0.3, -0.25) is 4.79 Å². The molecule has 0 atom stereocenters.